The minimum Gasteiger partial charge on any atom is -0.379 e. The Morgan fingerprint density at radius 2 is 1.95 bits per heavy atom. The van der Waals surface area contributed by atoms with Crippen LogP contribution in [0.15, 0.2) is 36.8 Å². The van der Waals surface area contributed by atoms with E-state index in [9.17, 15) is 0 Å². The Hall–Kier alpha value is -2.10. The predicted molar refractivity (Wildman–Crippen MR) is 84.1 cm³/mol. The molecule has 0 saturated heterocycles. The molecule has 0 aliphatic carbocycles. The number of aromatic nitrogens is 2. The highest BCUT2D eigenvalue weighted by molar-refractivity contribution is 5.60. The van der Waals surface area contributed by atoms with Gasteiger partial charge in [0.2, 0.25) is 0 Å². The van der Waals surface area contributed by atoms with Gasteiger partial charge in [0, 0.05) is 36.9 Å². The van der Waals surface area contributed by atoms with E-state index >= 15 is 0 Å². The van der Waals surface area contributed by atoms with Crippen molar-refractivity contribution in [1.29, 1.82) is 0 Å². The highest BCUT2D eigenvalue weighted by Crippen LogP contribution is 2.22. The molecule has 0 spiro atoms. The van der Waals surface area contributed by atoms with Gasteiger partial charge in [0.25, 0.3) is 0 Å². The number of nitrogens with one attached hydrogen (secondary N) is 1. The van der Waals surface area contributed by atoms with E-state index in [0.29, 0.717) is 6.54 Å². The van der Waals surface area contributed by atoms with E-state index in [0.717, 1.165) is 24.5 Å². The maximum Gasteiger partial charge on any atom is 0.0777 e. The predicted octanol–water partition coefficient (Wildman–Crippen LogP) is 3.24. The third-order valence-corrected chi connectivity index (χ3v) is 3.42. The van der Waals surface area contributed by atoms with Crippen molar-refractivity contribution >= 4 is 11.4 Å². The first kappa shape index (κ1) is 14.3. The highest BCUT2D eigenvalue weighted by atomic mass is 15.1. The van der Waals surface area contributed by atoms with Crippen LogP contribution in [-0.2, 0) is 6.54 Å². The van der Waals surface area contributed by atoms with Crippen molar-refractivity contribution in [1.82, 2.24) is 9.97 Å². The standard InChI is InChI=1S/C16H22N4/c1-4-20(5-2)15-6-7-16(13(3)10-15)19-12-14-11-17-8-9-18-14/h6-11,19H,4-5,12H2,1-3H3. The van der Waals surface area contributed by atoms with Crippen LogP contribution in [0.25, 0.3) is 0 Å². The summed E-state index contributed by atoms with van der Waals surface area (Å²) in [5.74, 6) is 0. The van der Waals surface area contributed by atoms with Gasteiger partial charge in [0.1, 0.15) is 0 Å². The molecule has 20 heavy (non-hydrogen) atoms. The van der Waals surface area contributed by atoms with E-state index in [1.165, 1.54) is 11.3 Å². The fraction of sp³-hybridized carbons (Fsp3) is 0.375. The third kappa shape index (κ3) is 3.47. The topological polar surface area (TPSA) is 41.0 Å². The average molecular weight is 270 g/mol. The zero-order chi connectivity index (χ0) is 14.4. The molecule has 106 valence electrons. The summed E-state index contributed by atoms with van der Waals surface area (Å²) in [6.07, 6.45) is 5.19. The van der Waals surface area contributed by atoms with Crippen LogP contribution in [0.1, 0.15) is 25.1 Å². The van der Waals surface area contributed by atoms with E-state index in [4.69, 9.17) is 0 Å². The van der Waals surface area contributed by atoms with Crippen LogP contribution >= 0.6 is 0 Å². The molecule has 0 unspecified atom stereocenters. The van der Waals surface area contributed by atoms with E-state index < -0.39 is 0 Å². The first-order valence-corrected chi connectivity index (χ1v) is 7.09. The van der Waals surface area contributed by atoms with Gasteiger partial charge in [-0.25, -0.2) is 0 Å². The van der Waals surface area contributed by atoms with Crippen molar-refractivity contribution in [2.24, 2.45) is 0 Å². The van der Waals surface area contributed by atoms with Gasteiger partial charge >= 0.3 is 0 Å². The molecule has 0 aliphatic heterocycles. The van der Waals surface area contributed by atoms with Gasteiger partial charge in [-0.15, -0.1) is 0 Å². The molecule has 4 nitrogen and oxygen atoms in total. The number of hydrogen-bond donors (Lipinski definition) is 1. The van der Waals surface area contributed by atoms with E-state index in [2.05, 4.69) is 59.2 Å². The summed E-state index contributed by atoms with van der Waals surface area (Å²) in [7, 11) is 0. The Morgan fingerprint density at radius 1 is 1.15 bits per heavy atom. The van der Waals surface area contributed by atoms with Crippen molar-refractivity contribution in [3.8, 4) is 0 Å². The van der Waals surface area contributed by atoms with Gasteiger partial charge in [0.05, 0.1) is 18.4 Å². The van der Waals surface area contributed by atoms with Crippen LogP contribution in [0.4, 0.5) is 11.4 Å². The number of benzene rings is 1. The lowest BCUT2D eigenvalue weighted by Crippen LogP contribution is -2.21. The van der Waals surface area contributed by atoms with Gasteiger partial charge in [0.15, 0.2) is 0 Å². The highest BCUT2D eigenvalue weighted by Gasteiger charge is 2.05. The first-order chi connectivity index (χ1) is 9.74. The van der Waals surface area contributed by atoms with Crippen molar-refractivity contribution in [3.05, 3.63) is 48.0 Å². The van der Waals surface area contributed by atoms with Crippen molar-refractivity contribution in [2.45, 2.75) is 27.3 Å². The molecular weight excluding hydrogens is 248 g/mol. The first-order valence-electron chi connectivity index (χ1n) is 7.09. The maximum absolute atomic E-state index is 4.26. The second kappa shape index (κ2) is 6.89. The van der Waals surface area contributed by atoms with Crippen LogP contribution < -0.4 is 10.2 Å². The number of aryl methyl sites for hydroxylation is 1. The molecule has 0 fully saturated rings. The Balaban J connectivity index is 2.06. The Morgan fingerprint density at radius 3 is 2.55 bits per heavy atom. The zero-order valence-electron chi connectivity index (χ0n) is 12.4. The Kier molecular flexibility index (Phi) is 4.93. The number of rotatable bonds is 6. The summed E-state index contributed by atoms with van der Waals surface area (Å²) in [4.78, 5) is 10.7. The fourth-order valence-electron chi connectivity index (χ4n) is 2.24. The molecule has 0 atom stereocenters. The van der Waals surface area contributed by atoms with Crippen molar-refractivity contribution in [2.75, 3.05) is 23.3 Å². The summed E-state index contributed by atoms with van der Waals surface area (Å²) >= 11 is 0. The van der Waals surface area contributed by atoms with E-state index in [-0.39, 0.29) is 0 Å². The summed E-state index contributed by atoms with van der Waals surface area (Å²) in [5, 5.41) is 3.41. The minimum atomic E-state index is 0.694. The smallest absolute Gasteiger partial charge is 0.0777 e. The molecule has 0 saturated carbocycles. The monoisotopic (exact) mass is 270 g/mol. The fourth-order valence-corrected chi connectivity index (χ4v) is 2.24. The molecule has 2 rings (SSSR count). The summed E-state index contributed by atoms with van der Waals surface area (Å²) in [5.41, 5.74) is 4.61. The SMILES string of the molecule is CCN(CC)c1ccc(NCc2cnccn2)c(C)c1. The lowest BCUT2D eigenvalue weighted by Gasteiger charge is -2.22. The molecular formula is C16H22N4. The lowest BCUT2D eigenvalue weighted by molar-refractivity contribution is 0.865. The second-order valence-corrected chi connectivity index (χ2v) is 4.72. The molecule has 2 aromatic rings. The number of nitrogens with zero attached hydrogens (tertiary/aromatic N) is 3. The average Bonchev–Trinajstić information content (AvgIpc) is 2.49. The number of hydrogen-bond acceptors (Lipinski definition) is 4. The van der Waals surface area contributed by atoms with Gasteiger partial charge < -0.3 is 10.2 Å². The summed E-state index contributed by atoms with van der Waals surface area (Å²) < 4.78 is 0. The normalized spacial score (nSPS) is 10.3. The van der Waals surface area contributed by atoms with Gasteiger partial charge in [-0.2, -0.15) is 0 Å². The second-order valence-electron chi connectivity index (χ2n) is 4.72. The Bertz CT molecular complexity index is 535. The molecule has 4 heteroatoms. The van der Waals surface area contributed by atoms with Gasteiger partial charge in [-0.1, -0.05) is 0 Å². The van der Waals surface area contributed by atoms with Crippen LogP contribution in [0, 0.1) is 6.92 Å². The van der Waals surface area contributed by atoms with Crippen LogP contribution in [0.3, 0.4) is 0 Å². The van der Waals surface area contributed by atoms with E-state index in [1.807, 2.05) is 0 Å². The van der Waals surface area contributed by atoms with Gasteiger partial charge in [-0.05, 0) is 44.5 Å². The number of anilines is 2. The minimum absolute atomic E-state index is 0.694. The molecule has 1 N–H and O–H groups in total. The van der Waals surface area contributed by atoms with E-state index in [1.54, 1.807) is 18.6 Å². The third-order valence-electron chi connectivity index (χ3n) is 3.42. The molecule has 0 amide bonds. The molecule has 1 heterocycles. The molecule has 0 bridgehead atoms. The van der Waals surface area contributed by atoms with Gasteiger partial charge in [-0.3, -0.25) is 9.97 Å². The quantitative estimate of drug-likeness (QED) is 0.875. The van der Waals surface area contributed by atoms with Crippen LogP contribution in [-0.4, -0.2) is 23.1 Å². The van der Waals surface area contributed by atoms with Crippen LogP contribution in [0.5, 0.6) is 0 Å². The molecule has 1 aromatic heterocycles. The lowest BCUT2D eigenvalue weighted by atomic mass is 10.1. The molecule has 0 radical (unpaired) electrons. The molecule has 0 aliphatic rings. The zero-order valence-corrected chi connectivity index (χ0v) is 12.4. The van der Waals surface area contributed by atoms with Crippen molar-refractivity contribution in [3.63, 3.8) is 0 Å². The Labute approximate surface area is 120 Å². The molecule has 1 aromatic carbocycles. The largest absolute Gasteiger partial charge is 0.379 e. The summed E-state index contributed by atoms with van der Waals surface area (Å²) in [6, 6.07) is 6.53. The summed E-state index contributed by atoms with van der Waals surface area (Å²) in [6.45, 7) is 9.24. The maximum atomic E-state index is 4.26. The van der Waals surface area contributed by atoms with Crippen molar-refractivity contribution < 1.29 is 0 Å². The van der Waals surface area contributed by atoms with Crippen LogP contribution in [0.2, 0.25) is 0 Å².